The van der Waals surface area contributed by atoms with Gasteiger partial charge in [-0.15, -0.1) is 34.4 Å². The van der Waals surface area contributed by atoms with Gasteiger partial charge in [-0.25, -0.2) is 9.97 Å². The Balaban J connectivity index is 1.31. The van der Waals surface area contributed by atoms with Gasteiger partial charge in [0.25, 0.3) is 11.8 Å². The van der Waals surface area contributed by atoms with Gasteiger partial charge >= 0.3 is 0 Å². The van der Waals surface area contributed by atoms with Crippen LogP contribution in [0.25, 0.3) is 20.7 Å². The third kappa shape index (κ3) is 4.53. The van der Waals surface area contributed by atoms with E-state index in [0.29, 0.717) is 24.3 Å². The molecule has 1 aliphatic rings. The Kier molecular flexibility index (Phi) is 6.18. The van der Waals surface area contributed by atoms with E-state index in [1.807, 2.05) is 49.1 Å². The summed E-state index contributed by atoms with van der Waals surface area (Å²) in [6.45, 7) is 5.00. The molecule has 0 spiro atoms. The number of nitrogens with zero attached hydrogens (tertiary/aromatic N) is 3. The van der Waals surface area contributed by atoms with Crippen LogP contribution in [0.1, 0.15) is 31.4 Å². The number of aromatic nitrogens is 2. The Morgan fingerprint density at radius 3 is 2.91 bits per heavy atom. The summed E-state index contributed by atoms with van der Waals surface area (Å²) in [5.74, 6) is 0.614. The smallest absolute Gasteiger partial charge is 0.274 e. The number of thioether (sulfide) groups is 1. The molecule has 1 atom stereocenters. The summed E-state index contributed by atoms with van der Waals surface area (Å²) in [5.41, 5.74) is 5.92. The second kappa shape index (κ2) is 9.24. The standard InChI is InChI=1S/C24H22N4O2S3/c1-14-4-3-5-16(10-14)22-21(27-15(2)33-22)24(30)28-8-9-31-20(28)12-25-23(29)17-6-7-18-19(11-17)32-13-26-18/h3-7,10-11,13,20H,8-9,12H2,1-2H3,(H,25,29). The first-order valence-electron chi connectivity index (χ1n) is 10.6. The topological polar surface area (TPSA) is 75.2 Å². The second-order valence-corrected chi connectivity index (χ2v) is 11.2. The van der Waals surface area contributed by atoms with E-state index in [2.05, 4.69) is 21.4 Å². The van der Waals surface area contributed by atoms with E-state index >= 15 is 0 Å². The normalized spacial score (nSPS) is 15.8. The van der Waals surface area contributed by atoms with E-state index in [0.717, 1.165) is 37.0 Å². The van der Waals surface area contributed by atoms with Gasteiger partial charge in [0, 0.05) is 24.4 Å². The largest absolute Gasteiger partial charge is 0.349 e. The van der Waals surface area contributed by atoms with Crippen molar-refractivity contribution in [2.24, 2.45) is 0 Å². The van der Waals surface area contributed by atoms with Crippen LogP contribution >= 0.6 is 34.4 Å². The van der Waals surface area contributed by atoms with Crippen molar-refractivity contribution in [1.29, 1.82) is 0 Å². The Bertz CT molecular complexity index is 1350. The van der Waals surface area contributed by atoms with Gasteiger partial charge in [0.05, 0.1) is 31.0 Å². The zero-order valence-electron chi connectivity index (χ0n) is 18.2. The molecule has 3 heterocycles. The number of fused-ring (bicyclic) bond motifs is 1. The summed E-state index contributed by atoms with van der Waals surface area (Å²) >= 11 is 4.74. The van der Waals surface area contributed by atoms with Gasteiger partial charge in [0.2, 0.25) is 0 Å². The maximum Gasteiger partial charge on any atom is 0.274 e. The molecule has 0 aliphatic carbocycles. The minimum atomic E-state index is -0.143. The lowest BCUT2D eigenvalue weighted by Crippen LogP contribution is -2.42. The highest BCUT2D eigenvalue weighted by atomic mass is 32.2. The fourth-order valence-electron chi connectivity index (χ4n) is 3.89. The predicted octanol–water partition coefficient (Wildman–Crippen LogP) is 4.98. The lowest BCUT2D eigenvalue weighted by molar-refractivity contribution is 0.0747. The van der Waals surface area contributed by atoms with Crippen LogP contribution in [0, 0.1) is 13.8 Å². The number of thiazole rings is 2. The Hall–Kier alpha value is -2.75. The number of amides is 2. The molecule has 5 rings (SSSR count). The number of rotatable bonds is 5. The minimum Gasteiger partial charge on any atom is -0.349 e. The molecule has 1 saturated heterocycles. The van der Waals surface area contributed by atoms with Crippen LogP contribution in [-0.2, 0) is 0 Å². The van der Waals surface area contributed by atoms with Crippen LogP contribution in [0.5, 0.6) is 0 Å². The second-order valence-electron chi connectivity index (χ2n) is 7.85. The van der Waals surface area contributed by atoms with Crippen LogP contribution in [-0.4, -0.2) is 50.9 Å². The zero-order valence-corrected chi connectivity index (χ0v) is 20.6. The molecule has 2 aromatic carbocycles. The van der Waals surface area contributed by atoms with E-state index in [4.69, 9.17) is 0 Å². The summed E-state index contributed by atoms with van der Waals surface area (Å²) in [4.78, 5) is 37.8. The Labute approximate surface area is 204 Å². The van der Waals surface area contributed by atoms with Gasteiger partial charge in [-0.1, -0.05) is 29.8 Å². The van der Waals surface area contributed by atoms with Crippen molar-refractivity contribution in [3.8, 4) is 10.4 Å². The predicted molar refractivity (Wildman–Crippen MR) is 136 cm³/mol. The average Bonchev–Trinajstić information content (AvgIpc) is 3.55. The molecule has 168 valence electrons. The molecule has 0 bridgehead atoms. The highest BCUT2D eigenvalue weighted by Gasteiger charge is 2.33. The van der Waals surface area contributed by atoms with Crippen LogP contribution < -0.4 is 5.32 Å². The molecule has 1 aliphatic heterocycles. The molecular weight excluding hydrogens is 472 g/mol. The first-order chi connectivity index (χ1) is 16.0. The maximum atomic E-state index is 13.5. The third-order valence-corrected chi connectivity index (χ3v) is 8.53. The number of carbonyl (C=O) groups excluding carboxylic acids is 2. The molecule has 1 fully saturated rings. The molecule has 0 saturated carbocycles. The average molecular weight is 495 g/mol. The number of hydrogen-bond acceptors (Lipinski definition) is 7. The van der Waals surface area contributed by atoms with Gasteiger partial charge < -0.3 is 10.2 Å². The first-order valence-corrected chi connectivity index (χ1v) is 13.3. The molecule has 1 N–H and O–H groups in total. The molecule has 6 nitrogen and oxygen atoms in total. The fraction of sp³-hybridized carbons (Fsp3) is 0.250. The van der Waals surface area contributed by atoms with Gasteiger partial charge in [-0.05, 0) is 37.6 Å². The van der Waals surface area contributed by atoms with E-state index in [-0.39, 0.29) is 17.2 Å². The highest BCUT2D eigenvalue weighted by Crippen LogP contribution is 2.34. The first kappa shape index (κ1) is 22.1. The SMILES string of the molecule is Cc1cccc(-c2sc(C)nc2C(=O)N2CCSC2CNC(=O)c2ccc3ncsc3c2)c1. The monoisotopic (exact) mass is 494 g/mol. The van der Waals surface area contributed by atoms with Crippen LogP contribution in [0.15, 0.2) is 48.0 Å². The van der Waals surface area contributed by atoms with E-state index in [1.165, 1.54) is 11.3 Å². The van der Waals surface area contributed by atoms with Crippen LogP contribution in [0.2, 0.25) is 0 Å². The summed E-state index contributed by atoms with van der Waals surface area (Å²) in [6.07, 6.45) is 0. The molecule has 2 amide bonds. The van der Waals surface area contributed by atoms with Crippen molar-refractivity contribution in [3.63, 3.8) is 0 Å². The molecule has 0 radical (unpaired) electrons. The summed E-state index contributed by atoms with van der Waals surface area (Å²) in [5, 5.41) is 3.75. The number of nitrogens with one attached hydrogen (secondary N) is 1. The molecular formula is C24H22N4O2S3. The minimum absolute atomic E-state index is 0.0776. The van der Waals surface area contributed by atoms with E-state index in [9.17, 15) is 9.59 Å². The summed E-state index contributed by atoms with van der Waals surface area (Å²) < 4.78 is 0.984. The third-order valence-electron chi connectivity index (χ3n) is 5.50. The van der Waals surface area contributed by atoms with Gasteiger partial charge in [0.15, 0.2) is 0 Å². The van der Waals surface area contributed by atoms with Gasteiger partial charge in [-0.3, -0.25) is 9.59 Å². The lowest BCUT2D eigenvalue weighted by Gasteiger charge is -2.24. The van der Waals surface area contributed by atoms with E-state index < -0.39 is 0 Å². The quantitative estimate of drug-likeness (QED) is 0.423. The highest BCUT2D eigenvalue weighted by molar-refractivity contribution is 8.00. The summed E-state index contributed by atoms with van der Waals surface area (Å²) in [6, 6.07) is 13.7. The molecule has 33 heavy (non-hydrogen) atoms. The van der Waals surface area contributed by atoms with Crippen molar-refractivity contribution in [3.05, 3.63) is 69.8 Å². The molecule has 1 unspecified atom stereocenters. The number of benzene rings is 2. The zero-order chi connectivity index (χ0) is 22.9. The van der Waals surface area contributed by atoms with E-state index in [1.54, 1.807) is 34.7 Å². The fourth-order valence-corrected chi connectivity index (χ4v) is 6.67. The number of carbonyl (C=O) groups is 2. The lowest BCUT2D eigenvalue weighted by atomic mass is 10.1. The van der Waals surface area contributed by atoms with Crippen molar-refractivity contribution in [2.45, 2.75) is 19.2 Å². The number of hydrogen-bond donors (Lipinski definition) is 1. The Morgan fingerprint density at radius 1 is 1.18 bits per heavy atom. The van der Waals surface area contributed by atoms with Crippen molar-refractivity contribution in [2.75, 3.05) is 18.8 Å². The molecule has 2 aromatic heterocycles. The molecule has 9 heteroatoms. The number of aryl methyl sites for hydroxylation is 2. The maximum absolute atomic E-state index is 13.5. The van der Waals surface area contributed by atoms with Crippen molar-refractivity contribution < 1.29 is 9.59 Å². The van der Waals surface area contributed by atoms with Gasteiger partial charge in [-0.2, -0.15) is 0 Å². The van der Waals surface area contributed by atoms with Gasteiger partial charge in [0.1, 0.15) is 5.69 Å². The van der Waals surface area contributed by atoms with Crippen molar-refractivity contribution in [1.82, 2.24) is 20.2 Å². The van der Waals surface area contributed by atoms with Crippen molar-refractivity contribution >= 4 is 56.5 Å². The van der Waals surface area contributed by atoms with Crippen LogP contribution in [0.4, 0.5) is 0 Å². The molecule has 4 aromatic rings. The summed E-state index contributed by atoms with van der Waals surface area (Å²) in [7, 11) is 0. The van der Waals surface area contributed by atoms with Crippen LogP contribution in [0.3, 0.4) is 0 Å². The Morgan fingerprint density at radius 2 is 2.06 bits per heavy atom.